The SMILES string of the molecule is NCCc1nc(-c2cc(Br)ccc2F)c(Cl)[nH]1. The van der Waals surface area contributed by atoms with E-state index < -0.39 is 0 Å². The van der Waals surface area contributed by atoms with Crippen LogP contribution >= 0.6 is 27.5 Å². The van der Waals surface area contributed by atoms with Crippen molar-refractivity contribution >= 4 is 27.5 Å². The number of H-pyrrole nitrogens is 1. The van der Waals surface area contributed by atoms with Crippen molar-refractivity contribution in [3.05, 3.63) is 39.5 Å². The first-order chi connectivity index (χ1) is 8.11. The van der Waals surface area contributed by atoms with Crippen molar-refractivity contribution in [1.29, 1.82) is 0 Å². The number of aromatic amines is 1. The minimum atomic E-state index is -0.360. The fourth-order valence-corrected chi connectivity index (χ4v) is 2.12. The summed E-state index contributed by atoms with van der Waals surface area (Å²) in [5.74, 6) is 0.299. The van der Waals surface area contributed by atoms with E-state index in [1.54, 1.807) is 12.1 Å². The molecular weight excluding hydrogens is 308 g/mol. The molecule has 0 bridgehead atoms. The van der Waals surface area contributed by atoms with Crippen LogP contribution in [0.3, 0.4) is 0 Å². The van der Waals surface area contributed by atoms with E-state index >= 15 is 0 Å². The maximum Gasteiger partial charge on any atom is 0.134 e. The molecule has 1 aromatic carbocycles. The standard InChI is InChI=1S/C11H10BrClFN3/c12-6-1-2-8(14)7(5-6)10-11(13)17-9(16-10)3-4-15/h1-2,5H,3-4,15H2,(H,16,17). The Hall–Kier alpha value is -0.910. The molecule has 0 atom stereocenters. The van der Waals surface area contributed by atoms with Gasteiger partial charge in [-0.15, -0.1) is 0 Å². The number of nitrogens with one attached hydrogen (secondary N) is 1. The third-order valence-electron chi connectivity index (χ3n) is 2.27. The number of nitrogens with zero attached hydrogens (tertiary/aromatic N) is 1. The van der Waals surface area contributed by atoms with Crippen LogP contribution in [0.15, 0.2) is 22.7 Å². The van der Waals surface area contributed by atoms with Crippen molar-refractivity contribution in [2.45, 2.75) is 6.42 Å². The molecule has 2 aromatic rings. The summed E-state index contributed by atoms with van der Waals surface area (Å²) in [7, 11) is 0. The fourth-order valence-electron chi connectivity index (χ4n) is 1.51. The highest BCUT2D eigenvalue weighted by molar-refractivity contribution is 9.10. The maximum atomic E-state index is 13.7. The third kappa shape index (κ3) is 2.68. The number of nitrogens with two attached hydrogens (primary N) is 1. The van der Waals surface area contributed by atoms with Crippen LogP contribution in [0.25, 0.3) is 11.3 Å². The van der Waals surface area contributed by atoms with Gasteiger partial charge in [0.05, 0.1) is 0 Å². The molecule has 0 saturated carbocycles. The van der Waals surface area contributed by atoms with E-state index in [9.17, 15) is 4.39 Å². The van der Waals surface area contributed by atoms with Crippen molar-refractivity contribution in [2.75, 3.05) is 6.54 Å². The van der Waals surface area contributed by atoms with Crippen molar-refractivity contribution in [3.63, 3.8) is 0 Å². The smallest absolute Gasteiger partial charge is 0.134 e. The average molecular weight is 319 g/mol. The predicted octanol–water partition coefficient (Wildman–Crippen LogP) is 3.13. The number of hydrogen-bond acceptors (Lipinski definition) is 2. The second kappa shape index (κ2) is 5.16. The normalized spacial score (nSPS) is 10.8. The summed E-state index contributed by atoms with van der Waals surface area (Å²) in [5.41, 5.74) is 6.20. The largest absolute Gasteiger partial charge is 0.332 e. The molecule has 0 radical (unpaired) electrons. The monoisotopic (exact) mass is 317 g/mol. The molecular formula is C11H10BrClFN3. The van der Waals surface area contributed by atoms with Crippen LogP contribution < -0.4 is 5.73 Å². The van der Waals surface area contributed by atoms with E-state index in [1.807, 2.05) is 0 Å². The Morgan fingerprint density at radius 3 is 2.94 bits per heavy atom. The van der Waals surface area contributed by atoms with Crippen molar-refractivity contribution in [2.24, 2.45) is 5.73 Å². The van der Waals surface area contributed by atoms with Crippen LogP contribution in [0.5, 0.6) is 0 Å². The number of benzene rings is 1. The Morgan fingerprint density at radius 1 is 1.47 bits per heavy atom. The van der Waals surface area contributed by atoms with Crippen LogP contribution in [-0.4, -0.2) is 16.5 Å². The molecule has 0 aliphatic carbocycles. The number of hydrogen-bond donors (Lipinski definition) is 2. The molecule has 0 aliphatic rings. The first-order valence-corrected chi connectivity index (χ1v) is 6.18. The van der Waals surface area contributed by atoms with Gasteiger partial charge >= 0.3 is 0 Å². The number of rotatable bonds is 3. The van der Waals surface area contributed by atoms with Gasteiger partial charge in [-0.25, -0.2) is 9.37 Å². The van der Waals surface area contributed by atoms with Crippen LogP contribution in [0.4, 0.5) is 4.39 Å². The summed E-state index contributed by atoms with van der Waals surface area (Å²) in [4.78, 5) is 7.13. The Balaban J connectivity index is 2.48. The van der Waals surface area contributed by atoms with E-state index in [-0.39, 0.29) is 5.82 Å². The Kier molecular flexibility index (Phi) is 3.81. The summed E-state index contributed by atoms with van der Waals surface area (Å²) in [5, 5.41) is 0.324. The van der Waals surface area contributed by atoms with Gasteiger partial charge in [0.15, 0.2) is 0 Å². The van der Waals surface area contributed by atoms with Gasteiger partial charge in [-0.2, -0.15) is 0 Å². The van der Waals surface area contributed by atoms with Crippen LogP contribution in [0, 0.1) is 5.82 Å². The van der Waals surface area contributed by atoms with Crippen LogP contribution in [0.2, 0.25) is 5.15 Å². The van der Waals surface area contributed by atoms with Crippen LogP contribution in [-0.2, 0) is 6.42 Å². The molecule has 3 nitrogen and oxygen atoms in total. The first kappa shape index (κ1) is 12.5. The quantitative estimate of drug-likeness (QED) is 0.913. The number of halogens is 3. The lowest BCUT2D eigenvalue weighted by atomic mass is 10.1. The maximum absolute atomic E-state index is 13.7. The second-order valence-corrected chi connectivity index (χ2v) is 4.80. The molecule has 1 heterocycles. The van der Waals surface area contributed by atoms with E-state index in [1.165, 1.54) is 6.07 Å². The van der Waals surface area contributed by atoms with Gasteiger partial charge in [-0.05, 0) is 24.7 Å². The molecule has 17 heavy (non-hydrogen) atoms. The van der Waals surface area contributed by atoms with Crippen molar-refractivity contribution in [1.82, 2.24) is 9.97 Å². The summed E-state index contributed by atoms with van der Waals surface area (Å²) in [6.45, 7) is 0.463. The second-order valence-electron chi connectivity index (χ2n) is 3.51. The van der Waals surface area contributed by atoms with Crippen molar-refractivity contribution < 1.29 is 4.39 Å². The summed E-state index contributed by atoms with van der Waals surface area (Å²) >= 11 is 9.29. The Labute approximate surface area is 111 Å². The molecule has 3 N–H and O–H groups in total. The number of aromatic nitrogens is 2. The zero-order valence-electron chi connectivity index (χ0n) is 8.80. The molecule has 6 heteroatoms. The minimum Gasteiger partial charge on any atom is -0.332 e. The van der Waals surface area contributed by atoms with Crippen molar-refractivity contribution in [3.8, 4) is 11.3 Å². The molecule has 0 aliphatic heterocycles. The zero-order valence-corrected chi connectivity index (χ0v) is 11.1. The van der Waals surface area contributed by atoms with Gasteiger partial charge < -0.3 is 10.7 Å². The molecule has 0 fully saturated rings. The number of imidazole rings is 1. The fraction of sp³-hybridized carbons (Fsp3) is 0.182. The molecule has 0 amide bonds. The molecule has 0 spiro atoms. The lowest BCUT2D eigenvalue weighted by Crippen LogP contribution is -2.03. The molecule has 0 saturated heterocycles. The van der Waals surface area contributed by atoms with Gasteiger partial charge in [-0.1, -0.05) is 27.5 Å². The first-order valence-electron chi connectivity index (χ1n) is 5.01. The highest BCUT2D eigenvalue weighted by atomic mass is 79.9. The lowest BCUT2D eigenvalue weighted by molar-refractivity contribution is 0.630. The van der Waals surface area contributed by atoms with Gasteiger partial charge in [0.25, 0.3) is 0 Å². The van der Waals surface area contributed by atoms with E-state index in [2.05, 4.69) is 25.9 Å². The molecule has 2 rings (SSSR count). The average Bonchev–Trinajstić information content (AvgIpc) is 2.64. The van der Waals surface area contributed by atoms with E-state index in [4.69, 9.17) is 17.3 Å². The Morgan fingerprint density at radius 2 is 2.24 bits per heavy atom. The summed E-state index contributed by atoms with van der Waals surface area (Å²) in [6.07, 6.45) is 0.579. The third-order valence-corrected chi connectivity index (χ3v) is 3.04. The van der Waals surface area contributed by atoms with Gasteiger partial charge in [-0.3, -0.25) is 0 Å². The highest BCUT2D eigenvalue weighted by Crippen LogP contribution is 2.30. The summed E-state index contributed by atoms with van der Waals surface area (Å²) in [6, 6.07) is 4.64. The van der Waals surface area contributed by atoms with E-state index in [0.717, 1.165) is 4.47 Å². The minimum absolute atomic E-state index is 0.324. The predicted molar refractivity (Wildman–Crippen MR) is 69.5 cm³/mol. The lowest BCUT2D eigenvalue weighted by Gasteiger charge is -2.00. The molecule has 1 aromatic heterocycles. The highest BCUT2D eigenvalue weighted by Gasteiger charge is 2.14. The van der Waals surface area contributed by atoms with Gasteiger partial charge in [0.1, 0.15) is 22.5 Å². The van der Waals surface area contributed by atoms with Gasteiger partial charge in [0, 0.05) is 16.5 Å². The summed E-state index contributed by atoms with van der Waals surface area (Å²) < 4.78 is 14.4. The Bertz CT molecular complexity index is 542. The van der Waals surface area contributed by atoms with Gasteiger partial charge in [0.2, 0.25) is 0 Å². The topological polar surface area (TPSA) is 54.7 Å². The van der Waals surface area contributed by atoms with E-state index in [0.29, 0.717) is 35.2 Å². The zero-order chi connectivity index (χ0) is 12.4. The van der Waals surface area contributed by atoms with Crippen LogP contribution in [0.1, 0.15) is 5.82 Å². The molecule has 0 unspecified atom stereocenters. The molecule has 90 valence electrons.